The number of methoxy groups -OCH3 is 1. The van der Waals surface area contributed by atoms with Crippen LogP contribution in [0.5, 0.6) is 11.5 Å². The number of aromatic nitrogens is 1. The minimum atomic E-state index is -0.150. The van der Waals surface area contributed by atoms with E-state index in [4.69, 9.17) is 14.5 Å². The zero-order valence-electron chi connectivity index (χ0n) is 17.8. The van der Waals surface area contributed by atoms with Crippen LogP contribution in [0.15, 0.2) is 66.7 Å². The number of anilines is 1. The van der Waals surface area contributed by atoms with E-state index in [9.17, 15) is 4.79 Å². The quantitative estimate of drug-likeness (QED) is 0.385. The van der Waals surface area contributed by atoms with Gasteiger partial charge in [-0.25, -0.2) is 4.98 Å². The van der Waals surface area contributed by atoms with Crippen LogP contribution in [0.25, 0.3) is 10.2 Å². The Kier molecular flexibility index (Phi) is 6.18. The highest BCUT2D eigenvalue weighted by Gasteiger charge is 2.22. The molecular formula is C25H24N2O3S. The second kappa shape index (κ2) is 9.18. The van der Waals surface area contributed by atoms with Crippen molar-refractivity contribution in [2.24, 2.45) is 0 Å². The summed E-state index contributed by atoms with van der Waals surface area (Å²) < 4.78 is 12.3. The molecule has 6 heteroatoms. The topological polar surface area (TPSA) is 51.7 Å². The summed E-state index contributed by atoms with van der Waals surface area (Å²) in [6, 6.07) is 21.5. The zero-order valence-corrected chi connectivity index (χ0v) is 18.6. The molecule has 0 aliphatic heterocycles. The Hall–Kier alpha value is -3.38. The molecule has 4 aromatic rings. The van der Waals surface area contributed by atoms with Gasteiger partial charge in [-0.15, -0.1) is 0 Å². The molecule has 0 spiro atoms. The minimum Gasteiger partial charge on any atom is -0.494 e. The maximum atomic E-state index is 13.3. The first-order chi connectivity index (χ1) is 15.1. The Morgan fingerprint density at radius 1 is 0.935 bits per heavy atom. The largest absolute Gasteiger partial charge is 0.494 e. The molecule has 158 valence electrons. The number of fused-ring (bicyclic) bond motifs is 1. The van der Waals surface area contributed by atoms with Crippen LogP contribution in [0, 0.1) is 13.8 Å². The third-order valence-corrected chi connectivity index (χ3v) is 6.29. The van der Waals surface area contributed by atoms with Gasteiger partial charge in [0.2, 0.25) is 0 Å². The van der Waals surface area contributed by atoms with Crippen molar-refractivity contribution in [2.75, 3.05) is 18.6 Å². The Bertz CT molecular complexity index is 1200. The molecule has 0 bridgehead atoms. The van der Waals surface area contributed by atoms with E-state index in [1.807, 2.05) is 80.6 Å². The predicted molar refractivity (Wildman–Crippen MR) is 125 cm³/mol. The van der Waals surface area contributed by atoms with Gasteiger partial charge in [0, 0.05) is 0 Å². The molecule has 0 atom stereocenters. The Balaban J connectivity index is 1.67. The first kappa shape index (κ1) is 20.9. The molecule has 1 heterocycles. The smallest absolute Gasteiger partial charge is 0.267 e. The number of rotatable bonds is 7. The number of ether oxygens (including phenoxy) is 2. The van der Waals surface area contributed by atoms with E-state index >= 15 is 0 Å². The zero-order chi connectivity index (χ0) is 21.8. The SMILES string of the molecule is COc1ccc(C)c2sc(N(Cc3ccccc3)C(=O)COc3ccccc3C)nc12. The first-order valence-corrected chi connectivity index (χ1v) is 10.9. The summed E-state index contributed by atoms with van der Waals surface area (Å²) in [5.74, 6) is 1.26. The highest BCUT2D eigenvalue weighted by Crippen LogP contribution is 2.37. The molecule has 0 saturated carbocycles. The highest BCUT2D eigenvalue weighted by atomic mass is 32.1. The van der Waals surface area contributed by atoms with E-state index < -0.39 is 0 Å². The lowest BCUT2D eigenvalue weighted by Crippen LogP contribution is -2.34. The van der Waals surface area contributed by atoms with E-state index in [0.717, 1.165) is 26.9 Å². The summed E-state index contributed by atoms with van der Waals surface area (Å²) in [4.78, 5) is 19.8. The van der Waals surface area contributed by atoms with Gasteiger partial charge in [0.1, 0.15) is 17.0 Å². The van der Waals surface area contributed by atoms with Gasteiger partial charge in [-0.2, -0.15) is 0 Å². The lowest BCUT2D eigenvalue weighted by molar-refractivity contribution is -0.120. The van der Waals surface area contributed by atoms with Crippen molar-refractivity contribution in [1.29, 1.82) is 0 Å². The molecule has 0 aliphatic rings. The third-order valence-electron chi connectivity index (χ3n) is 5.07. The second-order valence-corrected chi connectivity index (χ2v) is 8.26. The number of aryl methyl sites for hydroxylation is 2. The third kappa shape index (κ3) is 4.54. The van der Waals surface area contributed by atoms with E-state index in [-0.39, 0.29) is 12.5 Å². The van der Waals surface area contributed by atoms with Crippen molar-refractivity contribution in [3.8, 4) is 11.5 Å². The Morgan fingerprint density at radius 3 is 2.42 bits per heavy atom. The van der Waals surface area contributed by atoms with Crippen LogP contribution in [0.1, 0.15) is 16.7 Å². The number of amides is 1. The van der Waals surface area contributed by atoms with Crippen molar-refractivity contribution in [2.45, 2.75) is 20.4 Å². The predicted octanol–water partition coefficient (Wildman–Crippen LogP) is 5.53. The molecule has 31 heavy (non-hydrogen) atoms. The van der Waals surface area contributed by atoms with Gasteiger partial charge >= 0.3 is 0 Å². The van der Waals surface area contributed by atoms with E-state index in [1.54, 1.807) is 12.0 Å². The standard InChI is InChI=1S/C25H24N2O3S/c1-17-9-7-8-12-20(17)30-16-22(28)27(15-19-10-5-4-6-11-19)25-26-23-21(29-3)14-13-18(2)24(23)31-25/h4-14H,15-16H2,1-3H3. The summed E-state index contributed by atoms with van der Waals surface area (Å²) in [5, 5.41) is 0.629. The fraction of sp³-hybridized carbons (Fsp3) is 0.200. The molecule has 0 saturated heterocycles. The lowest BCUT2D eigenvalue weighted by Gasteiger charge is -2.20. The molecule has 4 rings (SSSR count). The van der Waals surface area contributed by atoms with Crippen molar-refractivity contribution in [3.63, 3.8) is 0 Å². The maximum Gasteiger partial charge on any atom is 0.267 e. The molecule has 3 aromatic carbocycles. The number of thiazole rings is 1. The molecule has 0 unspecified atom stereocenters. The van der Waals surface area contributed by atoms with Crippen LogP contribution in [0.2, 0.25) is 0 Å². The van der Waals surface area contributed by atoms with Gasteiger partial charge in [0.25, 0.3) is 5.91 Å². The molecule has 0 radical (unpaired) electrons. The molecule has 0 aliphatic carbocycles. The van der Waals surface area contributed by atoms with E-state index in [1.165, 1.54) is 11.3 Å². The normalized spacial score (nSPS) is 10.8. The van der Waals surface area contributed by atoms with Crippen LogP contribution in [-0.4, -0.2) is 24.6 Å². The molecule has 1 amide bonds. The van der Waals surface area contributed by atoms with Gasteiger partial charge in [-0.05, 0) is 42.7 Å². The van der Waals surface area contributed by atoms with Crippen molar-refractivity contribution in [1.82, 2.24) is 4.98 Å². The monoisotopic (exact) mass is 432 g/mol. The average Bonchev–Trinajstić information content (AvgIpc) is 3.24. The second-order valence-electron chi connectivity index (χ2n) is 7.28. The Labute approximate surface area is 185 Å². The van der Waals surface area contributed by atoms with Crippen LogP contribution in [-0.2, 0) is 11.3 Å². The van der Waals surface area contributed by atoms with Crippen LogP contribution < -0.4 is 14.4 Å². The summed E-state index contributed by atoms with van der Waals surface area (Å²) in [6.07, 6.45) is 0. The number of para-hydroxylation sites is 1. The number of hydrogen-bond donors (Lipinski definition) is 0. The van der Waals surface area contributed by atoms with Crippen LogP contribution >= 0.6 is 11.3 Å². The van der Waals surface area contributed by atoms with E-state index in [2.05, 4.69) is 0 Å². The summed E-state index contributed by atoms with van der Waals surface area (Å²) >= 11 is 1.49. The minimum absolute atomic E-state index is 0.0657. The average molecular weight is 433 g/mol. The number of carbonyl (C=O) groups is 1. The van der Waals surface area contributed by atoms with Gasteiger partial charge in [0.15, 0.2) is 11.7 Å². The number of benzene rings is 3. The van der Waals surface area contributed by atoms with Gasteiger partial charge < -0.3 is 9.47 Å². The van der Waals surface area contributed by atoms with Gasteiger partial charge in [0.05, 0.1) is 18.4 Å². The first-order valence-electron chi connectivity index (χ1n) is 10.0. The molecule has 5 nitrogen and oxygen atoms in total. The fourth-order valence-corrected chi connectivity index (χ4v) is 4.41. The van der Waals surface area contributed by atoms with E-state index in [0.29, 0.717) is 23.2 Å². The summed E-state index contributed by atoms with van der Waals surface area (Å²) in [7, 11) is 1.63. The van der Waals surface area contributed by atoms with Crippen molar-refractivity contribution < 1.29 is 14.3 Å². The maximum absolute atomic E-state index is 13.3. The summed E-state index contributed by atoms with van der Waals surface area (Å²) in [6.45, 7) is 4.35. The summed E-state index contributed by atoms with van der Waals surface area (Å²) in [5.41, 5.74) is 3.89. The van der Waals surface area contributed by atoms with Gasteiger partial charge in [-0.1, -0.05) is 65.9 Å². The van der Waals surface area contributed by atoms with Crippen LogP contribution in [0.3, 0.4) is 0 Å². The number of carbonyl (C=O) groups excluding carboxylic acids is 1. The van der Waals surface area contributed by atoms with Crippen molar-refractivity contribution >= 4 is 32.6 Å². The molecule has 1 aromatic heterocycles. The number of hydrogen-bond acceptors (Lipinski definition) is 5. The van der Waals surface area contributed by atoms with Gasteiger partial charge in [-0.3, -0.25) is 9.69 Å². The lowest BCUT2D eigenvalue weighted by atomic mass is 10.2. The molecule has 0 N–H and O–H groups in total. The Morgan fingerprint density at radius 2 is 1.68 bits per heavy atom. The number of nitrogens with zero attached hydrogens (tertiary/aromatic N) is 2. The molecule has 0 fully saturated rings. The van der Waals surface area contributed by atoms with Crippen molar-refractivity contribution in [3.05, 3.63) is 83.4 Å². The molecular weight excluding hydrogens is 408 g/mol. The fourth-order valence-electron chi connectivity index (χ4n) is 3.34. The highest BCUT2D eigenvalue weighted by molar-refractivity contribution is 7.22. The van der Waals surface area contributed by atoms with Crippen LogP contribution in [0.4, 0.5) is 5.13 Å².